The van der Waals surface area contributed by atoms with Crippen LogP contribution >= 0.6 is 35.0 Å². The minimum absolute atomic E-state index is 0.0693. The number of hydrogen-bond acceptors (Lipinski definition) is 5. The number of aromatic nitrogens is 2. The summed E-state index contributed by atoms with van der Waals surface area (Å²) in [6.45, 7) is 0. The van der Waals surface area contributed by atoms with E-state index in [9.17, 15) is 14.0 Å². The van der Waals surface area contributed by atoms with Gasteiger partial charge in [0.2, 0.25) is 0 Å². The van der Waals surface area contributed by atoms with Gasteiger partial charge in [-0.2, -0.15) is 5.10 Å². The Labute approximate surface area is 202 Å². The molecule has 33 heavy (non-hydrogen) atoms. The molecule has 6 nitrogen and oxygen atoms in total. The molecule has 0 spiro atoms. The first-order valence-electron chi connectivity index (χ1n) is 9.60. The second-order valence-corrected chi connectivity index (χ2v) is 8.53. The molecule has 0 saturated heterocycles. The van der Waals surface area contributed by atoms with Crippen molar-refractivity contribution in [2.75, 3.05) is 5.75 Å². The third-order valence-corrected chi connectivity index (χ3v) is 6.06. The lowest BCUT2D eigenvalue weighted by molar-refractivity contribution is -0.118. The van der Waals surface area contributed by atoms with Crippen LogP contribution in [0.25, 0.3) is 16.6 Å². The summed E-state index contributed by atoms with van der Waals surface area (Å²) in [4.78, 5) is 30.1. The summed E-state index contributed by atoms with van der Waals surface area (Å²) in [6.07, 6.45) is 1.14. The molecule has 0 aliphatic carbocycles. The first kappa shape index (κ1) is 23.0. The number of fused-ring (bicyclic) bond motifs is 1. The first-order valence-corrected chi connectivity index (χ1v) is 11.3. The van der Waals surface area contributed by atoms with E-state index in [2.05, 4.69) is 15.5 Å². The zero-order chi connectivity index (χ0) is 23.4. The van der Waals surface area contributed by atoms with Crippen molar-refractivity contribution in [2.24, 2.45) is 5.10 Å². The van der Waals surface area contributed by atoms with E-state index in [1.165, 1.54) is 22.8 Å². The predicted molar refractivity (Wildman–Crippen MR) is 130 cm³/mol. The van der Waals surface area contributed by atoms with Gasteiger partial charge in [-0.15, -0.1) is 0 Å². The van der Waals surface area contributed by atoms with Gasteiger partial charge in [0.15, 0.2) is 5.16 Å². The van der Waals surface area contributed by atoms with E-state index < -0.39 is 11.7 Å². The first-order chi connectivity index (χ1) is 15.9. The van der Waals surface area contributed by atoms with Crippen molar-refractivity contribution >= 4 is 58.0 Å². The molecule has 3 aromatic carbocycles. The van der Waals surface area contributed by atoms with Crippen molar-refractivity contribution in [1.29, 1.82) is 0 Å². The van der Waals surface area contributed by atoms with Crippen LogP contribution in [0.4, 0.5) is 4.39 Å². The van der Waals surface area contributed by atoms with Crippen molar-refractivity contribution in [2.45, 2.75) is 5.16 Å². The van der Waals surface area contributed by atoms with Crippen molar-refractivity contribution in [1.82, 2.24) is 15.0 Å². The van der Waals surface area contributed by atoms with E-state index in [0.29, 0.717) is 26.8 Å². The number of nitrogens with one attached hydrogen (secondary N) is 1. The monoisotopic (exact) mass is 500 g/mol. The van der Waals surface area contributed by atoms with Crippen molar-refractivity contribution in [3.8, 4) is 5.69 Å². The van der Waals surface area contributed by atoms with Crippen LogP contribution in [0.15, 0.2) is 81.8 Å². The maximum absolute atomic E-state index is 13.8. The standard InChI is InChI=1S/C23H15Cl2FN4O2S/c24-14-8-10-15(11-9-14)30-22(32)16-4-1-2-7-20(16)28-23(30)33-13-21(31)29-27-12-17-18(25)5-3-6-19(17)26/h1-12H,13H2,(H,29,31). The molecule has 1 aromatic heterocycles. The Morgan fingerprint density at radius 2 is 1.85 bits per heavy atom. The second-order valence-electron chi connectivity index (χ2n) is 6.75. The average Bonchev–Trinajstić information content (AvgIpc) is 2.80. The molecule has 4 rings (SSSR count). The van der Waals surface area contributed by atoms with Crippen molar-refractivity contribution in [3.63, 3.8) is 0 Å². The second kappa shape index (κ2) is 10.2. The number of amides is 1. The molecule has 0 atom stereocenters. The van der Waals surface area contributed by atoms with Gasteiger partial charge in [0.05, 0.1) is 33.6 Å². The summed E-state index contributed by atoms with van der Waals surface area (Å²) >= 11 is 13.0. The van der Waals surface area contributed by atoms with Gasteiger partial charge in [0.1, 0.15) is 5.82 Å². The highest BCUT2D eigenvalue weighted by molar-refractivity contribution is 7.99. The Kier molecular flexibility index (Phi) is 7.08. The van der Waals surface area contributed by atoms with Crippen LogP contribution in [0.5, 0.6) is 0 Å². The molecule has 0 aliphatic heterocycles. The third kappa shape index (κ3) is 5.24. The van der Waals surface area contributed by atoms with Gasteiger partial charge in [-0.1, -0.05) is 53.2 Å². The third-order valence-electron chi connectivity index (χ3n) is 4.54. The lowest BCUT2D eigenvalue weighted by Crippen LogP contribution is -2.24. The summed E-state index contributed by atoms with van der Waals surface area (Å²) in [5.41, 5.74) is 3.21. The highest BCUT2D eigenvalue weighted by Gasteiger charge is 2.15. The quantitative estimate of drug-likeness (QED) is 0.173. The number of carbonyl (C=O) groups excluding carboxylic acids is 1. The number of hydrazone groups is 1. The lowest BCUT2D eigenvalue weighted by atomic mass is 10.2. The number of halogens is 3. The van der Waals surface area contributed by atoms with Crippen LogP contribution in [0.1, 0.15) is 5.56 Å². The molecular formula is C23H15Cl2FN4O2S. The molecule has 0 fully saturated rings. The van der Waals surface area contributed by atoms with E-state index in [0.717, 1.165) is 18.0 Å². The Morgan fingerprint density at radius 3 is 2.61 bits per heavy atom. The summed E-state index contributed by atoms with van der Waals surface area (Å²) in [7, 11) is 0. The normalized spacial score (nSPS) is 11.2. The molecule has 166 valence electrons. The van der Waals surface area contributed by atoms with Crippen LogP contribution in [0.3, 0.4) is 0 Å². The predicted octanol–water partition coefficient (Wildman–Crippen LogP) is 5.07. The topological polar surface area (TPSA) is 76.3 Å². The lowest BCUT2D eigenvalue weighted by Gasteiger charge is -2.13. The van der Waals surface area contributed by atoms with E-state index in [-0.39, 0.29) is 21.9 Å². The van der Waals surface area contributed by atoms with Crippen LogP contribution in [0.2, 0.25) is 10.0 Å². The van der Waals surface area contributed by atoms with Gasteiger partial charge >= 0.3 is 0 Å². The fraction of sp³-hybridized carbons (Fsp3) is 0.0435. The molecule has 1 amide bonds. The number of hydrogen-bond donors (Lipinski definition) is 1. The molecule has 10 heteroatoms. The summed E-state index contributed by atoms with van der Waals surface area (Å²) < 4.78 is 15.2. The molecule has 4 aromatic rings. The van der Waals surface area contributed by atoms with E-state index in [4.69, 9.17) is 23.2 Å². The molecular weight excluding hydrogens is 486 g/mol. The minimum Gasteiger partial charge on any atom is -0.272 e. The van der Waals surface area contributed by atoms with E-state index >= 15 is 0 Å². The maximum atomic E-state index is 13.8. The molecule has 0 unspecified atom stereocenters. The van der Waals surface area contributed by atoms with Crippen molar-refractivity contribution in [3.05, 3.63) is 98.5 Å². The fourth-order valence-electron chi connectivity index (χ4n) is 2.99. The summed E-state index contributed by atoms with van der Waals surface area (Å²) in [5, 5.41) is 5.25. The smallest absolute Gasteiger partial charge is 0.266 e. The van der Waals surface area contributed by atoms with Gasteiger partial charge in [-0.05, 0) is 48.5 Å². The average molecular weight is 501 g/mol. The molecule has 1 N–H and O–H groups in total. The number of thioether (sulfide) groups is 1. The van der Waals surface area contributed by atoms with Gasteiger partial charge in [-0.25, -0.2) is 14.8 Å². The number of carbonyl (C=O) groups is 1. The zero-order valence-electron chi connectivity index (χ0n) is 16.8. The van der Waals surface area contributed by atoms with Gasteiger partial charge < -0.3 is 0 Å². The SMILES string of the molecule is O=C(CSc1nc2ccccc2c(=O)n1-c1ccc(Cl)cc1)NN=Cc1c(F)cccc1Cl. The van der Waals surface area contributed by atoms with Crippen LogP contribution in [-0.2, 0) is 4.79 Å². The number of benzene rings is 3. The molecule has 0 bridgehead atoms. The number of para-hydroxylation sites is 1. The van der Waals surface area contributed by atoms with Crippen LogP contribution in [-0.4, -0.2) is 27.4 Å². The highest BCUT2D eigenvalue weighted by Crippen LogP contribution is 2.22. The largest absolute Gasteiger partial charge is 0.272 e. The Balaban J connectivity index is 1.57. The number of rotatable bonds is 6. The van der Waals surface area contributed by atoms with Gasteiger partial charge in [0, 0.05) is 10.6 Å². The van der Waals surface area contributed by atoms with Crippen LogP contribution < -0.4 is 11.0 Å². The molecule has 0 saturated carbocycles. The molecule has 1 heterocycles. The van der Waals surface area contributed by atoms with Crippen LogP contribution in [0, 0.1) is 5.82 Å². The van der Waals surface area contributed by atoms with Gasteiger partial charge in [-0.3, -0.25) is 14.2 Å². The Morgan fingerprint density at radius 1 is 1.09 bits per heavy atom. The summed E-state index contributed by atoms with van der Waals surface area (Å²) in [5.74, 6) is -1.10. The molecule has 0 radical (unpaired) electrons. The maximum Gasteiger partial charge on any atom is 0.266 e. The Bertz CT molecular complexity index is 1400. The van der Waals surface area contributed by atoms with E-state index in [1.54, 1.807) is 48.5 Å². The highest BCUT2D eigenvalue weighted by atomic mass is 35.5. The molecule has 0 aliphatic rings. The van der Waals surface area contributed by atoms with E-state index in [1.807, 2.05) is 0 Å². The van der Waals surface area contributed by atoms with Crippen molar-refractivity contribution < 1.29 is 9.18 Å². The zero-order valence-corrected chi connectivity index (χ0v) is 19.2. The van der Waals surface area contributed by atoms with Gasteiger partial charge in [0.25, 0.3) is 11.5 Å². The number of nitrogens with zero attached hydrogens (tertiary/aromatic N) is 3. The minimum atomic E-state index is -0.554. The Hall–Kier alpha value is -3.20. The fourth-order valence-corrected chi connectivity index (χ4v) is 4.14. The summed E-state index contributed by atoms with van der Waals surface area (Å²) in [6, 6.07) is 17.9.